The minimum atomic E-state index is -5.66. The minimum absolute atomic E-state index is 0.240. The SMILES string of the molecule is C/C(=C\C(=O)OCCC(C(F)(F)F)C(F)(F)F)C(=O)OCCC(C(F)(F)F)C(F)(F)F. The first-order valence-electron chi connectivity index (χ1n) is 7.96. The summed E-state index contributed by atoms with van der Waals surface area (Å²) in [4.78, 5) is 22.8. The van der Waals surface area contributed by atoms with Gasteiger partial charge in [0, 0.05) is 24.5 Å². The van der Waals surface area contributed by atoms with Gasteiger partial charge in [0.05, 0.1) is 13.2 Å². The summed E-state index contributed by atoms with van der Waals surface area (Å²) in [6.45, 7) is -1.90. The van der Waals surface area contributed by atoms with Crippen molar-refractivity contribution >= 4 is 11.9 Å². The van der Waals surface area contributed by atoms with Gasteiger partial charge in [-0.1, -0.05) is 0 Å². The number of hydrogen-bond donors (Lipinski definition) is 0. The summed E-state index contributed by atoms with van der Waals surface area (Å²) in [6.07, 6.45) is -25.8. The van der Waals surface area contributed by atoms with E-state index in [1.807, 2.05) is 0 Å². The predicted octanol–water partition coefficient (Wildman–Crippen LogP) is 5.28. The van der Waals surface area contributed by atoms with Crippen LogP contribution in [0.2, 0.25) is 0 Å². The number of ether oxygens (including phenoxy) is 2. The molecule has 0 aliphatic carbocycles. The van der Waals surface area contributed by atoms with E-state index in [4.69, 9.17) is 0 Å². The Kier molecular flexibility index (Phi) is 9.71. The zero-order valence-corrected chi connectivity index (χ0v) is 15.2. The quantitative estimate of drug-likeness (QED) is 0.266. The fraction of sp³-hybridized carbons (Fsp3) is 0.733. The molecule has 0 aromatic heterocycles. The van der Waals surface area contributed by atoms with Gasteiger partial charge in [-0.25, -0.2) is 9.59 Å². The summed E-state index contributed by atoms with van der Waals surface area (Å²) in [5.41, 5.74) is -0.733. The highest BCUT2D eigenvalue weighted by Gasteiger charge is 2.57. The van der Waals surface area contributed by atoms with Crippen molar-refractivity contribution < 1.29 is 71.7 Å². The van der Waals surface area contributed by atoms with E-state index in [-0.39, 0.29) is 6.08 Å². The molecule has 0 saturated heterocycles. The Morgan fingerprint density at radius 2 is 1.00 bits per heavy atom. The number of carbonyl (C=O) groups excluding carboxylic acids is 2. The van der Waals surface area contributed by atoms with Crippen LogP contribution in [-0.4, -0.2) is 49.9 Å². The molecule has 0 spiro atoms. The second-order valence-corrected chi connectivity index (χ2v) is 5.98. The van der Waals surface area contributed by atoms with E-state index in [0.717, 1.165) is 6.92 Å². The van der Waals surface area contributed by atoms with Crippen LogP contribution < -0.4 is 0 Å². The highest BCUT2D eigenvalue weighted by atomic mass is 19.4. The maximum atomic E-state index is 12.3. The van der Waals surface area contributed by atoms with Gasteiger partial charge in [0.1, 0.15) is 0 Å². The van der Waals surface area contributed by atoms with Crippen LogP contribution in [0, 0.1) is 11.8 Å². The number of esters is 2. The van der Waals surface area contributed by atoms with Gasteiger partial charge in [-0.15, -0.1) is 0 Å². The van der Waals surface area contributed by atoms with Crippen molar-refractivity contribution in [2.75, 3.05) is 13.2 Å². The van der Waals surface area contributed by atoms with E-state index < -0.39 is 80.1 Å². The summed E-state index contributed by atoms with van der Waals surface area (Å²) in [5.74, 6) is -10.7. The molecule has 0 atom stereocenters. The van der Waals surface area contributed by atoms with Gasteiger partial charge >= 0.3 is 36.6 Å². The summed E-state index contributed by atoms with van der Waals surface area (Å²) < 4.78 is 156. The highest BCUT2D eigenvalue weighted by molar-refractivity contribution is 5.95. The number of rotatable bonds is 8. The molecule has 31 heavy (non-hydrogen) atoms. The third kappa shape index (κ3) is 10.6. The molecule has 0 saturated carbocycles. The molecule has 0 N–H and O–H groups in total. The second-order valence-electron chi connectivity index (χ2n) is 5.98. The molecule has 0 aromatic rings. The number of hydrogen-bond acceptors (Lipinski definition) is 4. The second kappa shape index (κ2) is 10.4. The molecular weight excluding hydrogens is 472 g/mol. The van der Waals surface area contributed by atoms with Gasteiger partial charge in [0.2, 0.25) is 0 Å². The van der Waals surface area contributed by atoms with Crippen LogP contribution in [0.15, 0.2) is 11.6 Å². The van der Waals surface area contributed by atoms with Crippen LogP contribution in [0.25, 0.3) is 0 Å². The smallest absolute Gasteiger partial charge is 0.400 e. The lowest BCUT2D eigenvalue weighted by Crippen LogP contribution is -2.37. The zero-order valence-electron chi connectivity index (χ0n) is 15.2. The van der Waals surface area contributed by atoms with Gasteiger partial charge in [-0.05, 0) is 6.92 Å². The van der Waals surface area contributed by atoms with E-state index in [0.29, 0.717) is 0 Å². The van der Waals surface area contributed by atoms with Crippen molar-refractivity contribution in [1.82, 2.24) is 0 Å². The summed E-state index contributed by atoms with van der Waals surface area (Å²) in [5, 5.41) is 0. The Bertz CT molecular complexity index is 614. The molecule has 0 bridgehead atoms. The van der Waals surface area contributed by atoms with E-state index in [1.54, 1.807) is 0 Å². The Hall–Kier alpha value is -2.16. The first-order valence-corrected chi connectivity index (χ1v) is 7.96. The van der Waals surface area contributed by atoms with Crippen molar-refractivity contribution in [2.24, 2.45) is 11.8 Å². The largest absolute Gasteiger partial charge is 0.462 e. The molecular formula is C15H14F12O4. The van der Waals surface area contributed by atoms with Gasteiger partial charge in [-0.3, -0.25) is 0 Å². The van der Waals surface area contributed by atoms with Crippen molar-refractivity contribution in [1.29, 1.82) is 0 Å². The minimum Gasteiger partial charge on any atom is -0.462 e. The lowest BCUT2D eigenvalue weighted by molar-refractivity contribution is -0.288. The van der Waals surface area contributed by atoms with E-state index in [9.17, 15) is 62.3 Å². The highest BCUT2D eigenvalue weighted by Crippen LogP contribution is 2.42. The van der Waals surface area contributed by atoms with Gasteiger partial charge < -0.3 is 9.47 Å². The van der Waals surface area contributed by atoms with Crippen molar-refractivity contribution in [3.63, 3.8) is 0 Å². The van der Waals surface area contributed by atoms with E-state index in [2.05, 4.69) is 9.47 Å². The number of alkyl halides is 12. The average Bonchev–Trinajstić information content (AvgIpc) is 2.50. The molecule has 0 aliphatic heterocycles. The summed E-state index contributed by atoms with van der Waals surface area (Å²) in [6, 6.07) is 0. The Morgan fingerprint density at radius 3 is 1.32 bits per heavy atom. The fourth-order valence-corrected chi connectivity index (χ4v) is 1.96. The molecule has 0 aromatic carbocycles. The first kappa shape index (κ1) is 28.8. The third-order valence-corrected chi connectivity index (χ3v) is 3.53. The Balaban J connectivity index is 4.73. The molecule has 0 heterocycles. The molecule has 4 nitrogen and oxygen atoms in total. The molecule has 0 radical (unpaired) electrons. The average molecular weight is 486 g/mol. The van der Waals surface area contributed by atoms with Crippen LogP contribution in [0.5, 0.6) is 0 Å². The van der Waals surface area contributed by atoms with Crippen LogP contribution in [0.1, 0.15) is 19.8 Å². The van der Waals surface area contributed by atoms with Crippen LogP contribution >= 0.6 is 0 Å². The molecule has 0 amide bonds. The first-order chi connectivity index (χ1) is 13.7. The Labute approximate surface area is 166 Å². The van der Waals surface area contributed by atoms with Crippen molar-refractivity contribution in [3.8, 4) is 0 Å². The molecule has 0 fully saturated rings. The summed E-state index contributed by atoms with van der Waals surface area (Å²) >= 11 is 0. The van der Waals surface area contributed by atoms with Crippen molar-refractivity contribution in [2.45, 2.75) is 44.5 Å². The maximum absolute atomic E-state index is 12.3. The molecule has 16 heteroatoms. The standard InChI is InChI=1S/C15H14F12O4/c1-7(11(29)31-5-3-9(14(22,23)24)15(25,26)27)6-10(28)30-4-2-8(12(16,17)18)13(19,20)21/h6,8-9H,2-5H2,1H3/b7-6+. The third-order valence-electron chi connectivity index (χ3n) is 3.53. The monoisotopic (exact) mass is 486 g/mol. The van der Waals surface area contributed by atoms with Gasteiger partial charge in [0.15, 0.2) is 11.8 Å². The van der Waals surface area contributed by atoms with E-state index in [1.165, 1.54) is 0 Å². The van der Waals surface area contributed by atoms with Crippen LogP contribution in [0.3, 0.4) is 0 Å². The lowest BCUT2D eigenvalue weighted by Gasteiger charge is -2.22. The fourth-order valence-electron chi connectivity index (χ4n) is 1.96. The Morgan fingerprint density at radius 1 is 0.677 bits per heavy atom. The van der Waals surface area contributed by atoms with Gasteiger partial charge in [-0.2, -0.15) is 52.7 Å². The zero-order chi connectivity index (χ0) is 24.8. The molecule has 0 unspecified atom stereocenters. The molecule has 182 valence electrons. The normalized spacial score (nSPS) is 14.2. The molecule has 0 rings (SSSR count). The predicted molar refractivity (Wildman–Crippen MR) is 76.1 cm³/mol. The van der Waals surface area contributed by atoms with Gasteiger partial charge in [0.25, 0.3) is 0 Å². The maximum Gasteiger partial charge on any atom is 0.400 e. The van der Waals surface area contributed by atoms with Crippen LogP contribution in [-0.2, 0) is 19.1 Å². The van der Waals surface area contributed by atoms with E-state index >= 15 is 0 Å². The van der Waals surface area contributed by atoms with Crippen molar-refractivity contribution in [3.05, 3.63) is 11.6 Å². The lowest BCUT2D eigenvalue weighted by atomic mass is 10.1. The summed E-state index contributed by atoms with van der Waals surface area (Å²) in [7, 11) is 0. The number of carbonyl (C=O) groups is 2. The number of halogens is 12. The topological polar surface area (TPSA) is 52.6 Å². The molecule has 0 aliphatic rings. The van der Waals surface area contributed by atoms with Crippen LogP contribution in [0.4, 0.5) is 52.7 Å².